The summed E-state index contributed by atoms with van der Waals surface area (Å²) in [5.41, 5.74) is 5.08. The van der Waals surface area contributed by atoms with Crippen LogP contribution in [0, 0.1) is 6.92 Å². The highest BCUT2D eigenvalue weighted by atomic mass is 16.5. The molecular formula is C29H25NO4. The predicted molar refractivity (Wildman–Crippen MR) is 135 cm³/mol. The number of rotatable bonds is 7. The molecule has 0 aliphatic heterocycles. The number of H-pyrrole nitrogens is 1. The summed E-state index contributed by atoms with van der Waals surface area (Å²) in [5.74, 6) is -0.0442. The Morgan fingerprint density at radius 3 is 2.38 bits per heavy atom. The van der Waals surface area contributed by atoms with Gasteiger partial charge in [-0.25, -0.2) is 4.79 Å². The van der Waals surface area contributed by atoms with Gasteiger partial charge in [0.25, 0.3) is 0 Å². The Morgan fingerprint density at radius 2 is 1.56 bits per heavy atom. The van der Waals surface area contributed by atoms with Crippen molar-refractivity contribution in [3.05, 3.63) is 95.7 Å². The lowest BCUT2D eigenvalue weighted by molar-refractivity contribution is 0.0690. The van der Waals surface area contributed by atoms with Gasteiger partial charge in [0.1, 0.15) is 17.2 Å². The van der Waals surface area contributed by atoms with Gasteiger partial charge in [-0.15, -0.1) is 0 Å². The molecule has 170 valence electrons. The van der Waals surface area contributed by atoms with Gasteiger partial charge in [-0.1, -0.05) is 66.7 Å². The third kappa shape index (κ3) is 3.86. The largest absolute Gasteiger partial charge is 0.507 e. The summed E-state index contributed by atoms with van der Waals surface area (Å²) in [7, 11) is 0. The Labute approximate surface area is 197 Å². The fourth-order valence-electron chi connectivity index (χ4n) is 4.64. The molecule has 5 aromatic rings. The minimum Gasteiger partial charge on any atom is -0.507 e. The van der Waals surface area contributed by atoms with E-state index in [9.17, 15) is 15.0 Å². The number of aromatic nitrogens is 1. The summed E-state index contributed by atoms with van der Waals surface area (Å²) >= 11 is 0. The SMILES string of the molecule is Cc1ccccc1-c1cccc2c(CCCOc3cccc4c(O)cccc34)c(C(=O)O)[nH]c12. The first-order chi connectivity index (χ1) is 16.5. The number of aryl methyl sites for hydroxylation is 2. The van der Waals surface area contributed by atoms with Crippen molar-refractivity contribution in [2.75, 3.05) is 6.61 Å². The van der Waals surface area contributed by atoms with Crippen LogP contribution in [0.15, 0.2) is 78.9 Å². The lowest BCUT2D eigenvalue weighted by atomic mass is 9.97. The predicted octanol–water partition coefficient (Wildman–Crippen LogP) is 6.71. The number of nitrogens with one attached hydrogen (secondary N) is 1. The smallest absolute Gasteiger partial charge is 0.352 e. The zero-order chi connectivity index (χ0) is 23.7. The van der Waals surface area contributed by atoms with Crippen LogP contribution in [0.3, 0.4) is 0 Å². The van der Waals surface area contributed by atoms with E-state index in [4.69, 9.17) is 4.74 Å². The third-order valence-corrected chi connectivity index (χ3v) is 6.28. The summed E-state index contributed by atoms with van der Waals surface area (Å²) in [4.78, 5) is 15.2. The molecule has 34 heavy (non-hydrogen) atoms. The van der Waals surface area contributed by atoms with Crippen molar-refractivity contribution in [3.8, 4) is 22.6 Å². The van der Waals surface area contributed by atoms with Crippen LogP contribution in [-0.2, 0) is 6.42 Å². The molecule has 1 heterocycles. The summed E-state index contributed by atoms with van der Waals surface area (Å²) in [6.45, 7) is 2.48. The van der Waals surface area contributed by atoms with Crippen molar-refractivity contribution in [2.24, 2.45) is 0 Å². The number of aromatic carboxylic acids is 1. The molecule has 0 unspecified atom stereocenters. The topological polar surface area (TPSA) is 82.6 Å². The molecule has 5 rings (SSSR count). The second-order valence-corrected chi connectivity index (χ2v) is 8.41. The number of benzene rings is 4. The van der Waals surface area contributed by atoms with Gasteiger partial charge in [-0.05, 0) is 48.6 Å². The van der Waals surface area contributed by atoms with Crippen LogP contribution < -0.4 is 4.74 Å². The van der Waals surface area contributed by atoms with Crippen LogP contribution in [-0.4, -0.2) is 27.8 Å². The molecule has 3 N–H and O–H groups in total. The molecule has 0 amide bonds. The Balaban J connectivity index is 1.42. The molecule has 0 spiro atoms. The van der Waals surface area contributed by atoms with E-state index in [-0.39, 0.29) is 11.4 Å². The lowest BCUT2D eigenvalue weighted by Gasteiger charge is -2.10. The van der Waals surface area contributed by atoms with Gasteiger partial charge in [-0.3, -0.25) is 0 Å². The van der Waals surface area contributed by atoms with Crippen LogP contribution in [0.2, 0.25) is 0 Å². The van der Waals surface area contributed by atoms with Crippen LogP contribution in [0.4, 0.5) is 0 Å². The number of carboxylic acid groups (broad SMARTS) is 1. The summed E-state index contributed by atoms with van der Waals surface area (Å²) < 4.78 is 6.03. The maximum Gasteiger partial charge on any atom is 0.352 e. The zero-order valence-corrected chi connectivity index (χ0v) is 18.8. The number of aromatic hydroxyl groups is 1. The number of ether oxygens (including phenoxy) is 1. The second kappa shape index (κ2) is 8.94. The van der Waals surface area contributed by atoms with Crippen molar-refractivity contribution < 1.29 is 19.7 Å². The summed E-state index contributed by atoms with van der Waals surface area (Å²) in [6.07, 6.45) is 1.21. The van der Waals surface area contributed by atoms with E-state index in [0.717, 1.165) is 43.9 Å². The molecular weight excluding hydrogens is 426 g/mol. The Hall–Kier alpha value is -4.25. The van der Waals surface area contributed by atoms with Crippen LogP contribution >= 0.6 is 0 Å². The third-order valence-electron chi connectivity index (χ3n) is 6.28. The zero-order valence-electron chi connectivity index (χ0n) is 18.8. The van der Waals surface area contributed by atoms with Gasteiger partial charge in [0.05, 0.1) is 12.1 Å². The van der Waals surface area contributed by atoms with E-state index in [1.165, 1.54) is 0 Å². The molecule has 0 aliphatic carbocycles. The van der Waals surface area contributed by atoms with Crippen LogP contribution in [0.5, 0.6) is 11.5 Å². The normalized spacial score (nSPS) is 11.2. The average Bonchev–Trinajstić information content (AvgIpc) is 3.22. The van der Waals surface area contributed by atoms with Gasteiger partial charge in [-0.2, -0.15) is 0 Å². The number of para-hydroxylation sites is 1. The molecule has 5 nitrogen and oxygen atoms in total. The summed E-state index contributed by atoms with van der Waals surface area (Å²) in [6, 6.07) is 25.0. The fourth-order valence-corrected chi connectivity index (χ4v) is 4.64. The van der Waals surface area contributed by atoms with Crippen molar-refractivity contribution in [1.82, 2.24) is 4.98 Å². The fraction of sp³-hybridized carbons (Fsp3) is 0.138. The molecule has 5 heteroatoms. The van der Waals surface area contributed by atoms with Crippen molar-refractivity contribution in [1.29, 1.82) is 0 Å². The van der Waals surface area contributed by atoms with E-state index in [1.807, 2.05) is 54.6 Å². The number of carbonyl (C=O) groups is 1. The molecule has 0 fully saturated rings. The van der Waals surface area contributed by atoms with E-state index < -0.39 is 5.97 Å². The van der Waals surface area contributed by atoms with E-state index in [1.54, 1.807) is 12.1 Å². The molecule has 1 aromatic heterocycles. The highest BCUT2D eigenvalue weighted by molar-refractivity contribution is 6.03. The number of fused-ring (bicyclic) bond motifs is 2. The Bertz CT molecular complexity index is 1520. The highest BCUT2D eigenvalue weighted by Crippen LogP contribution is 2.34. The highest BCUT2D eigenvalue weighted by Gasteiger charge is 2.19. The van der Waals surface area contributed by atoms with Gasteiger partial charge in [0.15, 0.2) is 0 Å². The van der Waals surface area contributed by atoms with Crippen molar-refractivity contribution in [3.63, 3.8) is 0 Å². The van der Waals surface area contributed by atoms with Crippen LogP contribution in [0.25, 0.3) is 32.8 Å². The lowest BCUT2D eigenvalue weighted by Crippen LogP contribution is -2.04. The number of phenols is 1. The monoisotopic (exact) mass is 451 g/mol. The number of aromatic amines is 1. The second-order valence-electron chi connectivity index (χ2n) is 8.41. The minimum atomic E-state index is -0.965. The Morgan fingerprint density at radius 1 is 0.853 bits per heavy atom. The minimum absolute atomic E-state index is 0.220. The molecule has 0 atom stereocenters. The van der Waals surface area contributed by atoms with E-state index in [0.29, 0.717) is 25.2 Å². The van der Waals surface area contributed by atoms with Crippen molar-refractivity contribution in [2.45, 2.75) is 19.8 Å². The molecule has 0 saturated heterocycles. The molecule has 0 bridgehead atoms. The van der Waals surface area contributed by atoms with Crippen LogP contribution in [0.1, 0.15) is 28.0 Å². The van der Waals surface area contributed by atoms with E-state index in [2.05, 4.69) is 24.0 Å². The number of phenolic OH excluding ortho intramolecular Hbond substituents is 1. The van der Waals surface area contributed by atoms with Gasteiger partial charge in [0, 0.05) is 21.7 Å². The Kier molecular flexibility index (Phi) is 5.68. The first-order valence-corrected chi connectivity index (χ1v) is 11.3. The first kappa shape index (κ1) is 21.6. The molecule has 0 radical (unpaired) electrons. The maximum absolute atomic E-state index is 12.1. The summed E-state index contributed by atoms with van der Waals surface area (Å²) in [5, 5.41) is 22.5. The van der Waals surface area contributed by atoms with Crippen molar-refractivity contribution >= 4 is 27.6 Å². The van der Waals surface area contributed by atoms with E-state index >= 15 is 0 Å². The molecule has 0 saturated carbocycles. The molecule has 4 aromatic carbocycles. The number of hydrogen-bond acceptors (Lipinski definition) is 3. The maximum atomic E-state index is 12.1. The van der Waals surface area contributed by atoms with Gasteiger partial charge in [0.2, 0.25) is 0 Å². The number of carboxylic acids is 1. The quantitative estimate of drug-likeness (QED) is 0.240. The first-order valence-electron chi connectivity index (χ1n) is 11.3. The van der Waals surface area contributed by atoms with Gasteiger partial charge >= 0.3 is 5.97 Å². The standard InChI is InChI=1S/C29H25NO4/c1-18-8-2-3-9-19(18)22-12-4-13-23-24(28(29(32)33)30-27(22)23)14-7-17-34-26-16-6-10-20-21(26)11-5-15-25(20)31/h2-6,8-13,15-16,30-31H,7,14,17H2,1H3,(H,32,33). The molecule has 0 aliphatic rings. The van der Waals surface area contributed by atoms with Gasteiger partial charge < -0.3 is 19.9 Å². The average molecular weight is 452 g/mol. The number of hydrogen-bond donors (Lipinski definition) is 3.